The molecule has 1 saturated heterocycles. The Kier molecular flexibility index (Phi) is 6.83. The van der Waals surface area contributed by atoms with Crippen molar-refractivity contribution in [1.82, 2.24) is 4.90 Å². The second-order valence-electron chi connectivity index (χ2n) is 6.77. The van der Waals surface area contributed by atoms with Gasteiger partial charge in [-0.1, -0.05) is 19.1 Å². The molecule has 1 aliphatic rings. The van der Waals surface area contributed by atoms with Crippen molar-refractivity contribution >= 4 is 21.8 Å². The van der Waals surface area contributed by atoms with Gasteiger partial charge < -0.3 is 19.1 Å². The molecule has 28 heavy (non-hydrogen) atoms. The van der Waals surface area contributed by atoms with Gasteiger partial charge in [0.05, 0.1) is 31.3 Å². The molecule has 2 aromatic carbocycles. The molecule has 0 spiro atoms. The van der Waals surface area contributed by atoms with E-state index in [4.69, 9.17) is 14.2 Å². The number of hydrogen-bond donors (Lipinski definition) is 0. The summed E-state index contributed by atoms with van der Waals surface area (Å²) in [6.07, 6.45) is 2.83. The van der Waals surface area contributed by atoms with Gasteiger partial charge in [-0.2, -0.15) is 0 Å². The zero-order valence-corrected chi connectivity index (χ0v) is 18.1. The molecule has 1 heterocycles. The molecule has 2 aromatic rings. The molecule has 0 radical (unpaired) electrons. The highest BCUT2D eigenvalue weighted by Gasteiger charge is 2.31. The maximum atomic E-state index is 13.3. The second kappa shape index (κ2) is 9.32. The van der Waals surface area contributed by atoms with Crippen molar-refractivity contribution < 1.29 is 19.0 Å². The van der Waals surface area contributed by atoms with Gasteiger partial charge in [-0.15, -0.1) is 0 Å². The van der Waals surface area contributed by atoms with Crippen LogP contribution in [0.3, 0.4) is 0 Å². The summed E-state index contributed by atoms with van der Waals surface area (Å²) in [6.45, 7) is 3.38. The summed E-state index contributed by atoms with van der Waals surface area (Å²) in [4.78, 5) is 15.2. The summed E-state index contributed by atoms with van der Waals surface area (Å²) >= 11 is 3.53. The molecule has 1 amide bonds. The van der Waals surface area contributed by atoms with Crippen LogP contribution in [0.4, 0.5) is 0 Å². The predicted molar refractivity (Wildman–Crippen MR) is 112 cm³/mol. The first-order valence-electron chi connectivity index (χ1n) is 9.54. The van der Waals surface area contributed by atoms with Gasteiger partial charge in [-0.05, 0) is 65.0 Å². The van der Waals surface area contributed by atoms with Gasteiger partial charge in [0.25, 0.3) is 5.91 Å². The van der Waals surface area contributed by atoms with E-state index in [2.05, 4.69) is 15.9 Å². The number of methoxy groups -OCH3 is 2. The number of rotatable bonds is 7. The van der Waals surface area contributed by atoms with Crippen molar-refractivity contribution in [3.63, 3.8) is 0 Å². The Labute approximate surface area is 174 Å². The predicted octanol–water partition coefficient (Wildman–Crippen LogP) is 5.23. The Morgan fingerprint density at radius 2 is 1.93 bits per heavy atom. The van der Waals surface area contributed by atoms with Gasteiger partial charge in [0.2, 0.25) is 0 Å². The Balaban J connectivity index is 1.86. The maximum absolute atomic E-state index is 13.3. The second-order valence-corrected chi connectivity index (χ2v) is 7.62. The average molecular weight is 448 g/mol. The van der Waals surface area contributed by atoms with E-state index >= 15 is 0 Å². The van der Waals surface area contributed by atoms with Crippen LogP contribution in [-0.2, 0) is 0 Å². The van der Waals surface area contributed by atoms with Crippen molar-refractivity contribution in [3.8, 4) is 17.2 Å². The van der Waals surface area contributed by atoms with E-state index < -0.39 is 0 Å². The molecule has 1 fully saturated rings. The third-order valence-corrected chi connectivity index (χ3v) is 5.53. The van der Waals surface area contributed by atoms with E-state index in [1.807, 2.05) is 42.2 Å². The average Bonchev–Trinajstić information content (AvgIpc) is 3.21. The van der Waals surface area contributed by atoms with Crippen LogP contribution in [0.2, 0.25) is 0 Å². The highest BCUT2D eigenvalue weighted by molar-refractivity contribution is 9.10. The number of carbonyl (C=O) groups excluding carboxylic acids is 1. The van der Waals surface area contributed by atoms with E-state index in [0.29, 0.717) is 23.7 Å². The number of nitrogens with zero attached hydrogens (tertiary/aromatic N) is 1. The number of hydrogen-bond acceptors (Lipinski definition) is 4. The molecule has 0 aliphatic carbocycles. The molecule has 1 aliphatic heterocycles. The van der Waals surface area contributed by atoms with Gasteiger partial charge in [0.15, 0.2) is 11.5 Å². The zero-order valence-electron chi connectivity index (χ0n) is 16.5. The third-order valence-electron chi connectivity index (χ3n) is 4.94. The molecule has 0 saturated carbocycles. The lowest BCUT2D eigenvalue weighted by molar-refractivity contribution is 0.0735. The summed E-state index contributed by atoms with van der Waals surface area (Å²) in [7, 11) is 3.24. The zero-order chi connectivity index (χ0) is 20.1. The maximum Gasteiger partial charge on any atom is 0.254 e. The fraction of sp³-hybridized carbons (Fsp3) is 0.409. The molecule has 150 valence electrons. The molecule has 0 unspecified atom stereocenters. The topological polar surface area (TPSA) is 48.0 Å². The monoisotopic (exact) mass is 447 g/mol. The number of halogens is 1. The van der Waals surface area contributed by atoms with E-state index in [1.165, 1.54) is 0 Å². The summed E-state index contributed by atoms with van der Waals surface area (Å²) in [5.41, 5.74) is 1.72. The first-order chi connectivity index (χ1) is 13.6. The third kappa shape index (κ3) is 4.27. The number of carbonyl (C=O) groups is 1. The molecule has 6 heteroatoms. The van der Waals surface area contributed by atoms with Gasteiger partial charge >= 0.3 is 0 Å². The first-order valence-corrected chi connectivity index (χ1v) is 10.3. The molecular formula is C22H26BrNO4. The number of amides is 1. The van der Waals surface area contributed by atoms with Crippen LogP contribution in [0.25, 0.3) is 0 Å². The van der Waals surface area contributed by atoms with E-state index in [-0.39, 0.29) is 11.9 Å². The Hall–Kier alpha value is -2.21. The van der Waals surface area contributed by atoms with Crippen LogP contribution < -0.4 is 14.2 Å². The largest absolute Gasteiger partial charge is 0.497 e. The molecule has 3 rings (SSSR count). The van der Waals surface area contributed by atoms with Gasteiger partial charge in [-0.3, -0.25) is 4.79 Å². The van der Waals surface area contributed by atoms with Crippen molar-refractivity contribution in [3.05, 3.63) is 52.0 Å². The highest BCUT2D eigenvalue weighted by atomic mass is 79.9. The van der Waals surface area contributed by atoms with Gasteiger partial charge in [0, 0.05) is 12.1 Å². The molecule has 0 aromatic heterocycles. The van der Waals surface area contributed by atoms with E-state index in [0.717, 1.165) is 41.6 Å². The highest BCUT2D eigenvalue weighted by Crippen LogP contribution is 2.39. The van der Waals surface area contributed by atoms with Gasteiger partial charge in [-0.25, -0.2) is 0 Å². The van der Waals surface area contributed by atoms with Crippen molar-refractivity contribution in [2.45, 2.75) is 32.2 Å². The van der Waals surface area contributed by atoms with E-state index in [1.54, 1.807) is 20.3 Å². The fourth-order valence-corrected chi connectivity index (χ4v) is 4.09. The molecular weight excluding hydrogens is 422 g/mol. The van der Waals surface area contributed by atoms with Crippen LogP contribution in [0.15, 0.2) is 40.9 Å². The fourth-order valence-electron chi connectivity index (χ4n) is 3.54. The number of benzene rings is 2. The molecule has 5 nitrogen and oxygen atoms in total. The Morgan fingerprint density at radius 3 is 2.57 bits per heavy atom. The Bertz CT molecular complexity index is 822. The lowest BCUT2D eigenvalue weighted by Crippen LogP contribution is -2.30. The SMILES string of the molecule is CCCOc1c(Br)cc(C(=O)N2CCC[C@@H]2c2ccc(OC)cc2)cc1OC. The standard InChI is InChI=1S/C22H26BrNO4/c1-4-12-28-21-18(23)13-16(14-20(21)27-3)22(25)24-11-5-6-19(24)15-7-9-17(26-2)10-8-15/h7-10,13-14,19H,4-6,11-12H2,1-3H3/t19-/m1/s1. The molecule has 1 atom stereocenters. The van der Waals surface area contributed by atoms with Crippen LogP contribution >= 0.6 is 15.9 Å². The lowest BCUT2D eigenvalue weighted by Gasteiger charge is -2.26. The Morgan fingerprint density at radius 1 is 1.18 bits per heavy atom. The summed E-state index contributed by atoms with van der Waals surface area (Å²) < 4.78 is 17.2. The van der Waals surface area contributed by atoms with Crippen LogP contribution in [-0.4, -0.2) is 38.2 Å². The number of likely N-dealkylation sites (tertiary alicyclic amines) is 1. The summed E-state index contributed by atoms with van der Waals surface area (Å²) in [5, 5.41) is 0. The van der Waals surface area contributed by atoms with Crippen LogP contribution in [0, 0.1) is 0 Å². The van der Waals surface area contributed by atoms with Crippen molar-refractivity contribution in [2.75, 3.05) is 27.4 Å². The number of ether oxygens (including phenoxy) is 3. The summed E-state index contributed by atoms with van der Waals surface area (Å²) in [5.74, 6) is 2.01. The smallest absolute Gasteiger partial charge is 0.254 e. The minimum absolute atomic E-state index is 0.000593. The van der Waals surface area contributed by atoms with E-state index in [9.17, 15) is 4.79 Å². The lowest BCUT2D eigenvalue weighted by atomic mass is 10.0. The van der Waals surface area contributed by atoms with Crippen LogP contribution in [0.1, 0.15) is 48.1 Å². The van der Waals surface area contributed by atoms with Crippen LogP contribution in [0.5, 0.6) is 17.2 Å². The normalized spacial score (nSPS) is 16.1. The minimum atomic E-state index is -0.000593. The summed E-state index contributed by atoms with van der Waals surface area (Å²) in [6, 6.07) is 11.6. The minimum Gasteiger partial charge on any atom is -0.497 e. The molecule has 0 bridgehead atoms. The van der Waals surface area contributed by atoms with Gasteiger partial charge in [0.1, 0.15) is 5.75 Å². The first kappa shape index (κ1) is 20.5. The quantitative estimate of drug-likeness (QED) is 0.582. The van der Waals surface area contributed by atoms with Crippen molar-refractivity contribution in [2.24, 2.45) is 0 Å². The van der Waals surface area contributed by atoms with Crippen molar-refractivity contribution in [1.29, 1.82) is 0 Å². The molecule has 0 N–H and O–H groups in total.